The zero-order chi connectivity index (χ0) is 26.7. The molecule has 0 radical (unpaired) electrons. The van der Waals surface area contributed by atoms with Gasteiger partial charge in [-0.1, -0.05) is 38.5 Å². The van der Waals surface area contributed by atoms with Gasteiger partial charge < -0.3 is 30.9 Å². The number of carboxylic acid groups (broad SMARTS) is 1. The Kier molecular flexibility index (Phi) is 8.16. The predicted octanol–water partition coefficient (Wildman–Crippen LogP) is 1.64. The van der Waals surface area contributed by atoms with Crippen molar-refractivity contribution in [1.29, 1.82) is 0 Å². The number of carbonyl (C=O) groups excluding carboxylic acids is 3. The predicted molar refractivity (Wildman–Crippen MR) is 138 cm³/mol. The zero-order valence-corrected chi connectivity index (χ0v) is 21.5. The monoisotopic (exact) mass is 511 g/mol. The molecule has 200 valence electrons. The maximum Gasteiger partial charge on any atom is 0.326 e. The summed E-state index contributed by atoms with van der Waals surface area (Å²) in [6.45, 7) is 4.60. The molecule has 37 heavy (non-hydrogen) atoms. The third-order valence-corrected chi connectivity index (χ3v) is 7.87. The number of likely N-dealkylation sites (tertiary alicyclic amines) is 2. The summed E-state index contributed by atoms with van der Waals surface area (Å²) in [5.41, 5.74) is 8.17. The molecule has 2 aliphatic rings. The van der Waals surface area contributed by atoms with Crippen molar-refractivity contribution in [3.63, 3.8) is 0 Å². The van der Waals surface area contributed by atoms with Crippen LogP contribution in [0.3, 0.4) is 0 Å². The molecule has 10 heteroatoms. The molecule has 2 fully saturated rings. The first-order valence-corrected chi connectivity index (χ1v) is 13.2. The molecule has 5 unspecified atom stereocenters. The molecular weight excluding hydrogens is 474 g/mol. The average molecular weight is 512 g/mol. The number of rotatable bonds is 9. The molecule has 0 aliphatic carbocycles. The Labute approximate surface area is 216 Å². The lowest BCUT2D eigenvalue weighted by molar-refractivity contribution is -0.152. The molecule has 10 nitrogen and oxygen atoms in total. The highest BCUT2D eigenvalue weighted by Crippen LogP contribution is 2.27. The third-order valence-electron chi connectivity index (χ3n) is 7.87. The quantitative estimate of drug-likeness (QED) is 0.402. The number of para-hydroxylation sites is 1. The van der Waals surface area contributed by atoms with Crippen molar-refractivity contribution in [2.24, 2.45) is 11.7 Å². The van der Waals surface area contributed by atoms with Gasteiger partial charge in [0.05, 0.1) is 6.04 Å². The second-order valence-corrected chi connectivity index (χ2v) is 10.3. The van der Waals surface area contributed by atoms with Crippen LogP contribution in [0.2, 0.25) is 0 Å². The zero-order valence-electron chi connectivity index (χ0n) is 21.5. The van der Waals surface area contributed by atoms with E-state index in [0.29, 0.717) is 51.6 Å². The number of hydrogen-bond donors (Lipinski definition) is 4. The fourth-order valence-corrected chi connectivity index (χ4v) is 5.52. The smallest absolute Gasteiger partial charge is 0.326 e. The van der Waals surface area contributed by atoms with Crippen molar-refractivity contribution in [3.8, 4) is 0 Å². The lowest BCUT2D eigenvalue weighted by Crippen LogP contribution is -2.58. The Hall–Kier alpha value is -3.40. The second kappa shape index (κ2) is 11.3. The van der Waals surface area contributed by atoms with E-state index in [-0.39, 0.29) is 17.7 Å². The molecule has 1 aromatic heterocycles. The molecule has 1 aromatic carbocycles. The number of aliphatic carboxylic acids is 1. The fourth-order valence-electron chi connectivity index (χ4n) is 5.52. The molecule has 3 heterocycles. The van der Waals surface area contributed by atoms with Gasteiger partial charge in [-0.3, -0.25) is 14.4 Å². The average Bonchev–Trinajstić information content (AvgIpc) is 3.66. The van der Waals surface area contributed by atoms with Gasteiger partial charge in [-0.25, -0.2) is 4.79 Å². The number of nitrogens with one attached hydrogen (secondary N) is 2. The van der Waals surface area contributed by atoms with E-state index in [2.05, 4.69) is 10.3 Å². The van der Waals surface area contributed by atoms with Crippen molar-refractivity contribution in [1.82, 2.24) is 20.1 Å². The number of nitrogens with two attached hydrogens (primary N) is 1. The van der Waals surface area contributed by atoms with Crippen molar-refractivity contribution < 1.29 is 24.3 Å². The minimum absolute atomic E-state index is 0.174. The molecule has 3 amide bonds. The first-order valence-electron chi connectivity index (χ1n) is 13.2. The van der Waals surface area contributed by atoms with Crippen LogP contribution in [-0.2, 0) is 25.6 Å². The molecule has 0 saturated carbocycles. The summed E-state index contributed by atoms with van der Waals surface area (Å²) in [5.74, 6) is -2.25. The van der Waals surface area contributed by atoms with E-state index in [1.165, 1.54) is 9.80 Å². The van der Waals surface area contributed by atoms with Gasteiger partial charge in [0.15, 0.2) is 0 Å². The standard InChI is InChI=1S/C27H37N5O5/c1-3-16(2)23(30-24(33)19(28)14-17-15-29-20-9-5-4-8-18(17)20)26(35)31-12-6-10-21(31)25(34)32-13-7-11-22(32)27(36)37/h4-5,8-9,15-16,19,21-23,29H,3,6-7,10-14,28H2,1-2H3,(H,30,33)(H,36,37). The molecule has 0 bridgehead atoms. The van der Waals surface area contributed by atoms with Crippen LogP contribution < -0.4 is 11.1 Å². The van der Waals surface area contributed by atoms with Gasteiger partial charge in [0, 0.05) is 30.2 Å². The van der Waals surface area contributed by atoms with Gasteiger partial charge in [0.25, 0.3) is 0 Å². The number of amides is 3. The van der Waals surface area contributed by atoms with E-state index in [4.69, 9.17) is 5.73 Å². The Bertz CT molecular complexity index is 1160. The van der Waals surface area contributed by atoms with Crippen molar-refractivity contribution in [2.75, 3.05) is 13.1 Å². The SMILES string of the molecule is CCC(C)C(NC(=O)C(N)Cc1c[nH]c2ccccc12)C(=O)N1CCCC1C(=O)N1CCCC1C(=O)O. The maximum atomic E-state index is 13.7. The van der Waals surface area contributed by atoms with Gasteiger partial charge >= 0.3 is 5.97 Å². The Morgan fingerprint density at radius 2 is 1.78 bits per heavy atom. The normalized spacial score (nSPS) is 22.1. The number of benzene rings is 1. The number of aromatic nitrogens is 1. The van der Waals surface area contributed by atoms with Gasteiger partial charge in [0.1, 0.15) is 18.1 Å². The first kappa shape index (κ1) is 26.7. The van der Waals surface area contributed by atoms with Crippen LogP contribution in [-0.4, -0.2) is 80.8 Å². The summed E-state index contributed by atoms with van der Waals surface area (Å²) in [6.07, 6.45) is 4.98. The minimum atomic E-state index is -1.02. The van der Waals surface area contributed by atoms with Gasteiger partial charge in [-0.15, -0.1) is 0 Å². The number of nitrogens with zero attached hydrogens (tertiary/aromatic N) is 2. The van der Waals surface area contributed by atoms with Gasteiger partial charge in [0.2, 0.25) is 17.7 Å². The first-order chi connectivity index (χ1) is 17.7. The molecule has 2 aliphatic heterocycles. The lowest BCUT2D eigenvalue weighted by Gasteiger charge is -2.34. The van der Waals surface area contributed by atoms with E-state index in [1.54, 1.807) is 0 Å². The molecule has 4 rings (SSSR count). The molecular formula is C27H37N5O5. The summed E-state index contributed by atoms with van der Waals surface area (Å²) >= 11 is 0. The summed E-state index contributed by atoms with van der Waals surface area (Å²) < 4.78 is 0. The second-order valence-electron chi connectivity index (χ2n) is 10.3. The molecule has 0 spiro atoms. The topological polar surface area (TPSA) is 149 Å². The van der Waals surface area contributed by atoms with Crippen molar-refractivity contribution in [2.45, 2.75) is 76.5 Å². The summed E-state index contributed by atoms with van der Waals surface area (Å²) in [7, 11) is 0. The van der Waals surface area contributed by atoms with E-state index in [1.807, 2.05) is 44.3 Å². The number of carboxylic acids is 1. The Morgan fingerprint density at radius 1 is 1.11 bits per heavy atom. The highest BCUT2D eigenvalue weighted by atomic mass is 16.4. The highest BCUT2D eigenvalue weighted by Gasteiger charge is 2.44. The minimum Gasteiger partial charge on any atom is -0.480 e. The maximum absolute atomic E-state index is 13.7. The molecule has 2 aromatic rings. The lowest BCUT2D eigenvalue weighted by atomic mass is 9.96. The van der Waals surface area contributed by atoms with E-state index in [9.17, 15) is 24.3 Å². The molecule has 5 N–H and O–H groups in total. The van der Waals surface area contributed by atoms with Crippen LogP contribution in [0.25, 0.3) is 10.9 Å². The number of hydrogen-bond acceptors (Lipinski definition) is 5. The van der Waals surface area contributed by atoms with E-state index >= 15 is 0 Å². The van der Waals surface area contributed by atoms with Crippen molar-refractivity contribution in [3.05, 3.63) is 36.0 Å². The van der Waals surface area contributed by atoms with Crippen LogP contribution in [0.1, 0.15) is 51.5 Å². The Balaban J connectivity index is 1.46. The third kappa shape index (κ3) is 5.49. The summed E-state index contributed by atoms with van der Waals surface area (Å²) in [4.78, 5) is 57.9. The number of fused-ring (bicyclic) bond motifs is 1. The van der Waals surface area contributed by atoms with Crippen LogP contribution in [0.4, 0.5) is 0 Å². The summed E-state index contributed by atoms with van der Waals surface area (Å²) in [6, 6.07) is 4.54. The van der Waals surface area contributed by atoms with Gasteiger partial charge in [-0.2, -0.15) is 0 Å². The van der Waals surface area contributed by atoms with Crippen LogP contribution in [0, 0.1) is 5.92 Å². The molecule has 2 saturated heterocycles. The van der Waals surface area contributed by atoms with Crippen LogP contribution >= 0.6 is 0 Å². The number of carbonyl (C=O) groups is 4. The van der Waals surface area contributed by atoms with E-state index < -0.39 is 36.0 Å². The van der Waals surface area contributed by atoms with Crippen molar-refractivity contribution >= 4 is 34.6 Å². The van der Waals surface area contributed by atoms with Gasteiger partial charge in [-0.05, 0) is 49.7 Å². The van der Waals surface area contributed by atoms with Crippen LogP contribution in [0.15, 0.2) is 30.5 Å². The van der Waals surface area contributed by atoms with Crippen LogP contribution in [0.5, 0.6) is 0 Å². The summed E-state index contributed by atoms with van der Waals surface area (Å²) in [5, 5.41) is 13.4. The fraction of sp³-hybridized carbons (Fsp3) is 0.556. The largest absolute Gasteiger partial charge is 0.480 e. The Morgan fingerprint density at radius 3 is 2.49 bits per heavy atom. The molecule has 5 atom stereocenters. The number of H-pyrrole nitrogens is 1. The highest BCUT2D eigenvalue weighted by molar-refractivity contribution is 5.95. The number of aromatic amines is 1. The van der Waals surface area contributed by atoms with E-state index in [0.717, 1.165) is 16.5 Å².